The Balaban J connectivity index is 0.00000507. The number of guanidine groups is 1. The van der Waals surface area contributed by atoms with Gasteiger partial charge < -0.3 is 47.4 Å². The van der Waals surface area contributed by atoms with Crippen LogP contribution in [0.2, 0.25) is 0 Å². The molecular formula is C25H29ClN4O8. The Morgan fingerprint density at radius 3 is 2.11 bits per heavy atom. The fourth-order valence-electron chi connectivity index (χ4n) is 3.88. The Labute approximate surface area is 223 Å². The molecule has 3 rings (SSSR count). The topological polar surface area (TPSA) is 232 Å². The smallest absolute Gasteiger partial charge is 0.336 e. The zero-order valence-electron chi connectivity index (χ0n) is 19.9. The van der Waals surface area contributed by atoms with Gasteiger partial charge in [-0.05, 0) is 46.2 Å². The highest BCUT2D eigenvalue weighted by Gasteiger charge is 2.30. The van der Waals surface area contributed by atoms with Gasteiger partial charge in [-0.1, -0.05) is 30.3 Å². The average molecular weight is 549 g/mol. The van der Waals surface area contributed by atoms with E-state index in [0.29, 0.717) is 27.6 Å². The van der Waals surface area contributed by atoms with E-state index in [4.69, 9.17) is 16.6 Å². The molecular weight excluding hydrogens is 520 g/mol. The second-order valence-electron chi connectivity index (χ2n) is 8.29. The van der Waals surface area contributed by atoms with Gasteiger partial charge in [0.2, 0.25) is 0 Å². The number of hydrogen-bond donors (Lipinski definition) is 9. The molecule has 12 nitrogen and oxygen atoms in total. The van der Waals surface area contributed by atoms with Crippen molar-refractivity contribution in [2.75, 3.05) is 13.2 Å². The monoisotopic (exact) mass is 548 g/mol. The second-order valence-corrected chi connectivity index (χ2v) is 8.29. The summed E-state index contributed by atoms with van der Waals surface area (Å²) in [5.74, 6) is -1.98. The molecule has 0 aliphatic rings. The van der Waals surface area contributed by atoms with Crippen LogP contribution in [0.1, 0.15) is 20.7 Å². The van der Waals surface area contributed by atoms with E-state index in [1.165, 1.54) is 24.3 Å². The molecule has 204 valence electrons. The summed E-state index contributed by atoms with van der Waals surface area (Å²) in [6, 6.07) is 14.2. The van der Waals surface area contributed by atoms with Gasteiger partial charge in [-0.2, -0.15) is 0 Å². The Morgan fingerprint density at radius 1 is 0.842 bits per heavy atom. The number of carbonyl (C=O) groups excluding carboxylic acids is 1. The fraction of sp³-hybridized carbons (Fsp3) is 0.240. The summed E-state index contributed by atoms with van der Waals surface area (Å²) in [6.07, 6.45) is -6.95. The predicted octanol–water partition coefficient (Wildman–Crippen LogP) is -0.303. The summed E-state index contributed by atoms with van der Waals surface area (Å²) in [7, 11) is 0. The molecule has 11 N–H and O–H groups in total. The molecule has 0 bridgehead atoms. The molecule has 0 radical (unpaired) electrons. The molecule has 0 saturated carbocycles. The van der Waals surface area contributed by atoms with Gasteiger partial charge in [0.15, 0.2) is 5.96 Å². The highest BCUT2D eigenvalue weighted by atomic mass is 35.5. The Kier molecular flexibility index (Phi) is 10.5. The SMILES string of the molecule is Cl.NC(N)=Nc1ccc(C(=O)O)c(-c2cccc3c(C(=O)NC[C@H](O)[C@@H](O)[C@H](O)[C@H](O)CO)cccc23)c1. The Bertz CT molecular complexity index is 1330. The Hall–Kier alpha value is -3.78. The number of nitrogens with two attached hydrogens (primary N) is 2. The summed E-state index contributed by atoms with van der Waals surface area (Å²) in [4.78, 5) is 28.8. The number of aliphatic hydroxyl groups excluding tert-OH is 5. The van der Waals surface area contributed by atoms with Crippen LogP contribution in [0.3, 0.4) is 0 Å². The van der Waals surface area contributed by atoms with E-state index >= 15 is 0 Å². The molecule has 0 saturated heterocycles. The van der Waals surface area contributed by atoms with Crippen molar-refractivity contribution in [3.8, 4) is 11.1 Å². The van der Waals surface area contributed by atoms with Gasteiger partial charge in [0, 0.05) is 12.1 Å². The van der Waals surface area contributed by atoms with Crippen molar-refractivity contribution in [3.05, 3.63) is 65.7 Å². The number of amides is 1. The van der Waals surface area contributed by atoms with Gasteiger partial charge in [0.25, 0.3) is 5.91 Å². The minimum Gasteiger partial charge on any atom is -0.478 e. The van der Waals surface area contributed by atoms with Gasteiger partial charge in [0.1, 0.15) is 18.3 Å². The maximum atomic E-state index is 12.9. The van der Waals surface area contributed by atoms with E-state index in [0.717, 1.165) is 0 Å². The van der Waals surface area contributed by atoms with Crippen molar-refractivity contribution in [2.24, 2.45) is 16.5 Å². The minimum atomic E-state index is -1.83. The number of nitrogens with zero attached hydrogens (tertiary/aromatic N) is 1. The normalized spacial score (nSPS) is 14.0. The summed E-state index contributed by atoms with van der Waals surface area (Å²) in [6.45, 7) is -1.29. The van der Waals surface area contributed by atoms with E-state index in [2.05, 4.69) is 10.3 Å². The van der Waals surface area contributed by atoms with Crippen molar-refractivity contribution in [2.45, 2.75) is 24.4 Å². The van der Waals surface area contributed by atoms with Gasteiger partial charge >= 0.3 is 5.97 Å². The lowest BCUT2D eigenvalue weighted by atomic mass is 9.92. The quantitative estimate of drug-likeness (QED) is 0.118. The number of halogens is 1. The molecule has 4 atom stereocenters. The third-order valence-electron chi connectivity index (χ3n) is 5.75. The number of carboxylic acid groups (broad SMARTS) is 1. The molecule has 0 aromatic heterocycles. The van der Waals surface area contributed by atoms with Crippen LogP contribution in [0.25, 0.3) is 21.9 Å². The third-order valence-corrected chi connectivity index (χ3v) is 5.75. The molecule has 38 heavy (non-hydrogen) atoms. The van der Waals surface area contributed by atoms with E-state index in [1.807, 2.05) is 0 Å². The molecule has 0 fully saturated rings. The summed E-state index contributed by atoms with van der Waals surface area (Å²) in [5, 5.41) is 61.4. The van der Waals surface area contributed by atoms with Gasteiger partial charge in [0.05, 0.1) is 24.0 Å². The summed E-state index contributed by atoms with van der Waals surface area (Å²) in [5.41, 5.74) is 12.3. The third kappa shape index (κ3) is 6.75. The van der Waals surface area contributed by atoms with Crippen LogP contribution in [0.4, 0.5) is 5.69 Å². The zero-order valence-corrected chi connectivity index (χ0v) is 20.7. The van der Waals surface area contributed by atoms with Gasteiger partial charge in [-0.3, -0.25) is 4.79 Å². The number of carbonyl (C=O) groups is 2. The van der Waals surface area contributed by atoms with E-state index in [1.54, 1.807) is 30.3 Å². The lowest BCUT2D eigenvalue weighted by Crippen LogP contribution is -2.49. The summed E-state index contributed by atoms with van der Waals surface area (Å²) < 4.78 is 0. The minimum absolute atomic E-state index is 0. The van der Waals surface area contributed by atoms with E-state index in [-0.39, 0.29) is 29.5 Å². The highest BCUT2D eigenvalue weighted by molar-refractivity contribution is 6.12. The molecule has 0 aliphatic carbocycles. The molecule has 0 aliphatic heterocycles. The highest BCUT2D eigenvalue weighted by Crippen LogP contribution is 2.35. The van der Waals surface area contributed by atoms with Gasteiger partial charge in [-0.15, -0.1) is 12.4 Å². The number of aliphatic hydroxyl groups is 5. The lowest BCUT2D eigenvalue weighted by molar-refractivity contribution is -0.113. The van der Waals surface area contributed by atoms with Crippen LogP contribution in [-0.4, -0.2) is 86.0 Å². The molecule has 3 aromatic carbocycles. The number of aliphatic imine (C=N–C) groups is 1. The van der Waals surface area contributed by atoms with Crippen molar-refractivity contribution in [3.63, 3.8) is 0 Å². The first-order valence-electron chi connectivity index (χ1n) is 11.2. The number of benzene rings is 3. The number of rotatable bonds is 10. The maximum absolute atomic E-state index is 12.9. The fourth-order valence-corrected chi connectivity index (χ4v) is 3.88. The number of aromatic carboxylic acids is 1. The molecule has 3 aromatic rings. The van der Waals surface area contributed by atoms with Crippen LogP contribution < -0.4 is 16.8 Å². The second kappa shape index (κ2) is 13.1. The van der Waals surface area contributed by atoms with E-state index < -0.39 is 49.4 Å². The van der Waals surface area contributed by atoms with Crippen molar-refractivity contribution in [1.29, 1.82) is 0 Å². The van der Waals surface area contributed by atoms with Gasteiger partial charge in [-0.25, -0.2) is 9.79 Å². The first kappa shape index (κ1) is 30.4. The zero-order chi connectivity index (χ0) is 27.3. The first-order chi connectivity index (χ1) is 17.5. The standard InChI is InChI=1S/C25H28N4O8.ClH/c26-25(27)29-12-7-8-17(24(36)37)18(9-12)15-5-1-4-14-13(15)3-2-6-16(14)23(35)28-10-19(31)21(33)22(34)20(32)11-30;/h1-9,19-22,30-34H,10-11H2,(H,28,35)(H,36,37)(H4,26,27,29);1H/t19-,20+,21+,22+;/m0./s1. The van der Waals surface area contributed by atoms with Crippen LogP contribution in [0.15, 0.2) is 59.6 Å². The van der Waals surface area contributed by atoms with Crippen LogP contribution in [0, 0.1) is 0 Å². The van der Waals surface area contributed by atoms with Crippen LogP contribution in [0.5, 0.6) is 0 Å². The van der Waals surface area contributed by atoms with Crippen molar-refractivity contribution < 1.29 is 40.2 Å². The predicted molar refractivity (Wildman–Crippen MR) is 143 cm³/mol. The van der Waals surface area contributed by atoms with Crippen LogP contribution >= 0.6 is 12.4 Å². The van der Waals surface area contributed by atoms with Crippen LogP contribution in [-0.2, 0) is 0 Å². The molecule has 0 spiro atoms. The first-order valence-corrected chi connectivity index (χ1v) is 11.2. The summed E-state index contributed by atoms with van der Waals surface area (Å²) >= 11 is 0. The molecule has 1 amide bonds. The van der Waals surface area contributed by atoms with Crippen molar-refractivity contribution >= 4 is 46.7 Å². The largest absolute Gasteiger partial charge is 0.478 e. The maximum Gasteiger partial charge on any atom is 0.336 e. The average Bonchev–Trinajstić information content (AvgIpc) is 2.88. The van der Waals surface area contributed by atoms with Crippen molar-refractivity contribution in [1.82, 2.24) is 5.32 Å². The molecule has 0 heterocycles. The number of fused-ring (bicyclic) bond motifs is 1. The molecule has 13 heteroatoms. The lowest BCUT2D eigenvalue weighted by Gasteiger charge is -2.25. The number of nitrogens with one attached hydrogen (secondary N) is 1. The number of hydrogen-bond acceptors (Lipinski definition) is 8. The number of carboxylic acids is 1. The molecule has 0 unspecified atom stereocenters. The van der Waals surface area contributed by atoms with E-state index in [9.17, 15) is 35.1 Å². The Morgan fingerprint density at radius 2 is 1.47 bits per heavy atom.